The number of esters is 1. The van der Waals surface area contributed by atoms with Crippen molar-refractivity contribution in [2.45, 2.75) is 215 Å². The molecule has 10 heteroatoms. The molecule has 4 rings (SSSR count). The van der Waals surface area contributed by atoms with Crippen molar-refractivity contribution in [1.29, 1.82) is 0 Å². The maximum absolute atomic E-state index is 13.6. The summed E-state index contributed by atoms with van der Waals surface area (Å²) in [7, 11) is 0. The number of rotatable bonds is 23. The lowest BCUT2D eigenvalue weighted by Gasteiger charge is -2.58. The van der Waals surface area contributed by atoms with Gasteiger partial charge in [0.2, 0.25) is 5.91 Å². The van der Waals surface area contributed by atoms with E-state index in [1.165, 1.54) is 56.9 Å². The van der Waals surface area contributed by atoms with E-state index in [1.807, 2.05) is 34.6 Å². The first-order chi connectivity index (χ1) is 28.8. The van der Waals surface area contributed by atoms with Gasteiger partial charge in [-0.05, 0) is 152 Å². The van der Waals surface area contributed by atoms with Gasteiger partial charge in [-0.2, -0.15) is 0 Å². The first-order valence-corrected chi connectivity index (χ1v) is 24.9. The van der Waals surface area contributed by atoms with Crippen molar-refractivity contribution in [2.24, 2.45) is 46.3 Å². The molecule has 4 aliphatic carbocycles. The third-order valence-corrected chi connectivity index (χ3v) is 15.2. The van der Waals surface area contributed by atoms with E-state index >= 15 is 0 Å². The molecule has 0 aliphatic heterocycles. The fourth-order valence-corrected chi connectivity index (χ4v) is 12.1. The largest absolute Gasteiger partial charge is 0.461 e. The minimum Gasteiger partial charge on any atom is -0.461 e. The summed E-state index contributed by atoms with van der Waals surface area (Å²) in [5.74, 6) is 4.42. The lowest BCUT2D eigenvalue weighted by molar-refractivity contribution is -0.156. The second kappa shape index (κ2) is 23.8. The smallest absolute Gasteiger partial charge is 0.407 e. The molecule has 2 unspecified atom stereocenters. The van der Waals surface area contributed by atoms with Crippen LogP contribution in [-0.2, 0) is 23.8 Å². The van der Waals surface area contributed by atoms with Crippen LogP contribution in [0.3, 0.4) is 0 Å². The van der Waals surface area contributed by atoms with Crippen molar-refractivity contribution < 1.29 is 37.7 Å². The third kappa shape index (κ3) is 15.5. The highest BCUT2D eigenvalue weighted by atomic mass is 16.6. The highest BCUT2D eigenvalue weighted by Crippen LogP contribution is 2.67. The number of ether oxygens (including phenoxy) is 3. The molecule has 3 saturated carbocycles. The van der Waals surface area contributed by atoms with Gasteiger partial charge in [-0.15, -0.1) is 0 Å². The second-order valence-corrected chi connectivity index (χ2v) is 21.8. The molecule has 3 fully saturated rings. The number of alkyl carbamates (subject to hydrolysis) is 2. The van der Waals surface area contributed by atoms with E-state index in [4.69, 9.17) is 14.2 Å². The number of hydrogen-bond acceptors (Lipinski definition) is 7. The van der Waals surface area contributed by atoms with Gasteiger partial charge in [0.1, 0.15) is 18.2 Å². The number of carbonyl (C=O) groups is 4. The summed E-state index contributed by atoms with van der Waals surface area (Å²) >= 11 is 0. The fraction of sp³-hybridized carbons (Fsp3) is 0.882. The number of nitrogens with zero attached hydrogens (tertiary/aromatic N) is 1. The standard InChI is InChI=1S/C51H89N3O7.3H2/c1-36(2)20-19-21-38(5)42-25-26-43-41-24-23-39-34-40(27-29-50(39,9)44(41)28-30-51(42,43)10)60-46(56)35-54(45(55)22-15-17-32-53-48(58)61-49(6,7)8)33-18-14-12-11-13-16-31-52-47(57)59-37(3)4;;;/h23,36-38,40-44H,11-22,24-35H2,1-10H3,(H,52,57)(H,53,58);3*1H/t38-,40+,41+,42-,43?,44?,50+,51-;;;/m1.../s1. The maximum atomic E-state index is 13.6. The van der Waals surface area contributed by atoms with Crippen LogP contribution in [0.4, 0.5) is 9.59 Å². The van der Waals surface area contributed by atoms with Gasteiger partial charge >= 0.3 is 18.2 Å². The van der Waals surface area contributed by atoms with Gasteiger partial charge in [0, 0.05) is 36.8 Å². The van der Waals surface area contributed by atoms with Crippen molar-refractivity contribution in [3.8, 4) is 0 Å². The van der Waals surface area contributed by atoms with Crippen molar-refractivity contribution >= 4 is 24.1 Å². The van der Waals surface area contributed by atoms with E-state index in [2.05, 4.69) is 51.3 Å². The van der Waals surface area contributed by atoms with Gasteiger partial charge in [0.05, 0.1) is 6.10 Å². The van der Waals surface area contributed by atoms with Gasteiger partial charge in [0.15, 0.2) is 0 Å². The molecule has 4 aliphatic rings. The van der Waals surface area contributed by atoms with Gasteiger partial charge in [-0.1, -0.05) is 91.2 Å². The molecule has 2 N–H and O–H groups in total. The lowest BCUT2D eigenvalue weighted by Crippen LogP contribution is -2.51. The number of allylic oxidation sites excluding steroid dienone is 1. The number of nitrogens with one attached hydrogen (secondary N) is 2. The minimum absolute atomic E-state index is 0. The molecular formula is C51H95N3O7. The molecule has 0 aromatic rings. The summed E-state index contributed by atoms with van der Waals surface area (Å²) in [6.45, 7) is 23.1. The van der Waals surface area contributed by atoms with Crippen LogP contribution in [0.25, 0.3) is 0 Å². The highest BCUT2D eigenvalue weighted by molar-refractivity contribution is 5.82. The first-order valence-electron chi connectivity index (χ1n) is 24.9. The van der Waals surface area contributed by atoms with Crippen LogP contribution in [0, 0.1) is 46.3 Å². The zero-order chi connectivity index (χ0) is 44.8. The molecular weight excluding hydrogens is 767 g/mol. The Balaban J connectivity index is 0.00000683. The molecule has 0 bridgehead atoms. The fourth-order valence-electron chi connectivity index (χ4n) is 12.1. The molecule has 356 valence electrons. The Kier molecular flexibility index (Phi) is 19.8. The third-order valence-electron chi connectivity index (χ3n) is 15.2. The molecule has 3 amide bonds. The number of hydrogen-bond donors (Lipinski definition) is 2. The number of amides is 3. The number of carbonyl (C=O) groups excluding carboxylic acids is 4. The zero-order valence-electron chi connectivity index (χ0n) is 40.5. The molecule has 8 atom stereocenters. The van der Waals surface area contributed by atoms with Crippen LogP contribution in [0.2, 0.25) is 0 Å². The molecule has 61 heavy (non-hydrogen) atoms. The van der Waals surface area contributed by atoms with E-state index in [0.717, 1.165) is 93.3 Å². The van der Waals surface area contributed by atoms with E-state index in [-0.39, 0.29) is 46.4 Å². The number of unbranched alkanes of at least 4 members (excludes halogenated alkanes) is 6. The van der Waals surface area contributed by atoms with Crippen LogP contribution in [0.1, 0.15) is 202 Å². The summed E-state index contributed by atoms with van der Waals surface area (Å²) in [6.07, 6.45) is 22.3. The van der Waals surface area contributed by atoms with E-state index in [9.17, 15) is 19.2 Å². The second-order valence-electron chi connectivity index (χ2n) is 21.8. The normalized spacial score (nSPS) is 27.6. The average molecular weight is 862 g/mol. The molecule has 0 aromatic heterocycles. The first kappa shape index (κ1) is 50.9. The molecule has 0 aromatic carbocycles. The quantitative estimate of drug-likeness (QED) is 0.0454. The van der Waals surface area contributed by atoms with Crippen LogP contribution in [0.5, 0.6) is 0 Å². The Morgan fingerprint density at radius 1 is 0.803 bits per heavy atom. The summed E-state index contributed by atoms with van der Waals surface area (Å²) in [5.41, 5.74) is 1.60. The maximum Gasteiger partial charge on any atom is 0.407 e. The Labute approximate surface area is 376 Å². The van der Waals surface area contributed by atoms with Gasteiger partial charge in [-0.25, -0.2) is 9.59 Å². The van der Waals surface area contributed by atoms with Crippen LogP contribution in [-0.4, -0.2) is 73.0 Å². The summed E-state index contributed by atoms with van der Waals surface area (Å²) in [4.78, 5) is 52.6. The summed E-state index contributed by atoms with van der Waals surface area (Å²) in [5, 5.41) is 5.57. The van der Waals surface area contributed by atoms with Crippen molar-refractivity contribution in [1.82, 2.24) is 15.5 Å². The topological polar surface area (TPSA) is 123 Å². The van der Waals surface area contributed by atoms with Gasteiger partial charge < -0.3 is 29.7 Å². The predicted octanol–water partition coefficient (Wildman–Crippen LogP) is 12.7. The van der Waals surface area contributed by atoms with Crippen molar-refractivity contribution in [2.75, 3.05) is 26.2 Å². The average Bonchev–Trinajstić information content (AvgIpc) is 3.53. The highest BCUT2D eigenvalue weighted by Gasteiger charge is 2.59. The molecule has 0 saturated heterocycles. The van der Waals surface area contributed by atoms with Crippen molar-refractivity contribution in [3.63, 3.8) is 0 Å². The summed E-state index contributed by atoms with van der Waals surface area (Å²) in [6, 6.07) is 0. The van der Waals surface area contributed by atoms with E-state index in [0.29, 0.717) is 44.3 Å². The SMILES string of the molecule is CC(C)CCC[C@@H](C)[C@H]1CCC2[C@@H]3CC=C4C[C@@H](OC(=O)CN(CCCCCCCCNC(=O)OC(C)C)C(=O)CCCCNC(=O)OC(C)(C)C)CC[C@]4(C)C3CC[C@@]21C.[HH].[HH].[HH]. The van der Waals surface area contributed by atoms with Crippen LogP contribution in [0.15, 0.2) is 11.6 Å². The Morgan fingerprint density at radius 2 is 1.48 bits per heavy atom. The Hall–Kier alpha value is -2.78. The molecule has 0 spiro atoms. The molecule has 0 heterocycles. The van der Waals surface area contributed by atoms with E-state index in [1.54, 1.807) is 4.90 Å². The van der Waals surface area contributed by atoms with Crippen LogP contribution >= 0.6 is 0 Å². The number of fused-ring (bicyclic) bond motifs is 5. The van der Waals surface area contributed by atoms with Crippen molar-refractivity contribution in [3.05, 3.63) is 11.6 Å². The zero-order valence-corrected chi connectivity index (χ0v) is 40.5. The van der Waals surface area contributed by atoms with Gasteiger partial charge in [0.25, 0.3) is 0 Å². The summed E-state index contributed by atoms with van der Waals surface area (Å²) < 4.78 is 16.7. The lowest BCUT2D eigenvalue weighted by atomic mass is 9.47. The monoisotopic (exact) mass is 862 g/mol. The van der Waals surface area contributed by atoms with E-state index < -0.39 is 11.7 Å². The minimum atomic E-state index is -0.564. The van der Waals surface area contributed by atoms with Gasteiger partial charge in [-0.3, -0.25) is 9.59 Å². The predicted molar refractivity (Wildman–Crippen MR) is 251 cm³/mol. The van der Waals surface area contributed by atoms with Crippen LogP contribution < -0.4 is 10.6 Å². The Bertz CT molecular complexity index is 1460. The Morgan fingerprint density at radius 3 is 2.16 bits per heavy atom. The molecule has 10 nitrogen and oxygen atoms in total. The molecule has 0 radical (unpaired) electrons.